The molecule has 0 fully saturated rings. The molecule has 0 aromatic carbocycles. The first-order valence-electron chi connectivity index (χ1n) is 7.93. The van der Waals surface area contributed by atoms with E-state index in [0.29, 0.717) is 12.5 Å². The van der Waals surface area contributed by atoms with Crippen LogP contribution in [-0.2, 0) is 10.0 Å². The summed E-state index contributed by atoms with van der Waals surface area (Å²) in [6.07, 6.45) is 2.25. The number of nitrogens with zero attached hydrogens (tertiary/aromatic N) is 3. The van der Waals surface area contributed by atoms with Gasteiger partial charge in [-0.25, -0.2) is 18.1 Å². The molecule has 128 valence electrons. The molecule has 0 bridgehead atoms. The van der Waals surface area contributed by atoms with Crippen molar-refractivity contribution in [3.63, 3.8) is 0 Å². The van der Waals surface area contributed by atoms with Gasteiger partial charge in [0.15, 0.2) is 5.03 Å². The summed E-state index contributed by atoms with van der Waals surface area (Å²) in [5.41, 5.74) is 0.280. The smallest absolute Gasteiger partial charge is 0.258 e. The van der Waals surface area contributed by atoms with Crippen LogP contribution in [0.25, 0.3) is 0 Å². The molecule has 0 aliphatic heterocycles. The summed E-state index contributed by atoms with van der Waals surface area (Å²) in [4.78, 5) is 6.12. The third-order valence-corrected chi connectivity index (χ3v) is 5.04. The Bertz CT molecular complexity index is 634. The number of hydrogen-bond donors (Lipinski definition) is 1. The van der Waals surface area contributed by atoms with E-state index in [1.54, 1.807) is 0 Å². The van der Waals surface area contributed by atoms with E-state index in [2.05, 4.69) is 42.3 Å². The minimum absolute atomic E-state index is 0.112. The Kier molecular flexibility index (Phi) is 7.62. The summed E-state index contributed by atoms with van der Waals surface area (Å²) < 4.78 is 27.4. The predicted octanol–water partition coefficient (Wildman–Crippen LogP) is 1.99. The summed E-state index contributed by atoms with van der Waals surface area (Å²) in [6, 6.07) is 4.84. The van der Waals surface area contributed by atoms with Gasteiger partial charge in [0.25, 0.3) is 10.0 Å². The molecule has 0 aliphatic carbocycles. The van der Waals surface area contributed by atoms with Gasteiger partial charge in [-0.05, 0) is 37.6 Å². The molecule has 1 rings (SSSR count). The second-order valence-electron chi connectivity index (χ2n) is 5.85. The number of aromatic nitrogens is 1. The molecule has 1 atom stereocenters. The maximum atomic E-state index is 12.4. The van der Waals surface area contributed by atoms with E-state index in [1.807, 2.05) is 6.07 Å². The maximum Gasteiger partial charge on any atom is 0.258 e. The summed E-state index contributed by atoms with van der Waals surface area (Å²) in [6.45, 7) is 10.5. The summed E-state index contributed by atoms with van der Waals surface area (Å²) in [5, 5.41) is 8.77. The normalized spacial score (nSPS) is 13.3. The van der Waals surface area contributed by atoms with Gasteiger partial charge in [-0.2, -0.15) is 5.26 Å². The molecule has 0 amide bonds. The first-order chi connectivity index (χ1) is 10.8. The quantitative estimate of drug-likeness (QED) is 0.744. The van der Waals surface area contributed by atoms with E-state index < -0.39 is 10.0 Å². The molecule has 1 N–H and O–H groups in total. The highest BCUT2D eigenvalue weighted by Crippen LogP contribution is 2.13. The number of sulfonamides is 1. The average Bonchev–Trinajstić information content (AvgIpc) is 2.53. The molecule has 1 aromatic rings. The predicted molar refractivity (Wildman–Crippen MR) is 90.3 cm³/mol. The van der Waals surface area contributed by atoms with Crippen molar-refractivity contribution in [1.29, 1.82) is 5.26 Å². The number of rotatable bonds is 9. The van der Waals surface area contributed by atoms with Crippen molar-refractivity contribution >= 4 is 10.0 Å². The van der Waals surface area contributed by atoms with Crippen LogP contribution in [0, 0.1) is 17.2 Å². The Morgan fingerprint density at radius 1 is 1.35 bits per heavy atom. The molecule has 1 unspecified atom stereocenters. The summed E-state index contributed by atoms with van der Waals surface area (Å²) in [5.74, 6) is 0.477. The highest BCUT2D eigenvalue weighted by molar-refractivity contribution is 7.89. The standard InChI is InChI=1S/C16H26N4O2S/c1-5-20(6-2)15(9-13(3)4)12-19-23(21,22)16-10-14(11-17)7-8-18-16/h7-8,10,13,15,19H,5-6,9,12H2,1-4H3. The lowest BCUT2D eigenvalue weighted by Gasteiger charge is -2.31. The molecular formula is C16H26N4O2S. The minimum Gasteiger partial charge on any atom is -0.300 e. The van der Waals surface area contributed by atoms with Gasteiger partial charge in [-0.3, -0.25) is 4.90 Å². The average molecular weight is 338 g/mol. The van der Waals surface area contributed by atoms with Crippen LogP contribution in [0.3, 0.4) is 0 Å². The van der Waals surface area contributed by atoms with Gasteiger partial charge in [0.1, 0.15) is 0 Å². The molecule has 0 aliphatic rings. The molecule has 0 radical (unpaired) electrons. The van der Waals surface area contributed by atoms with E-state index in [1.165, 1.54) is 18.3 Å². The van der Waals surface area contributed by atoms with Crippen LogP contribution in [0.15, 0.2) is 23.4 Å². The van der Waals surface area contributed by atoms with Crippen molar-refractivity contribution in [3.05, 3.63) is 23.9 Å². The summed E-state index contributed by atoms with van der Waals surface area (Å²) in [7, 11) is -3.71. The van der Waals surface area contributed by atoms with Crippen molar-refractivity contribution < 1.29 is 8.42 Å². The van der Waals surface area contributed by atoms with E-state index in [0.717, 1.165) is 19.5 Å². The van der Waals surface area contributed by atoms with Crippen LogP contribution >= 0.6 is 0 Å². The Labute approximate surface area is 139 Å². The molecule has 7 heteroatoms. The monoisotopic (exact) mass is 338 g/mol. The van der Waals surface area contributed by atoms with Crippen molar-refractivity contribution in [3.8, 4) is 6.07 Å². The number of nitriles is 1. The van der Waals surface area contributed by atoms with Crippen LogP contribution in [0.5, 0.6) is 0 Å². The third kappa shape index (κ3) is 5.90. The molecule has 1 heterocycles. The molecular weight excluding hydrogens is 312 g/mol. The first kappa shape index (κ1) is 19.6. The van der Waals surface area contributed by atoms with Gasteiger partial charge >= 0.3 is 0 Å². The number of hydrogen-bond acceptors (Lipinski definition) is 5. The van der Waals surface area contributed by atoms with Crippen molar-refractivity contribution in [1.82, 2.24) is 14.6 Å². The number of likely N-dealkylation sites (N-methyl/N-ethyl adjacent to an activating group) is 1. The van der Waals surface area contributed by atoms with Gasteiger partial charge in [0, 0.05) is 18.8 Å². The fourth-order valence-corrected chi connectivity index (χ4v) is 3.59. The van der Waals surface area contributed by atoms with E-state index in [4.69, 9.17) is 5.26 Å². The number of nitrogens with one attached hydrogen (secondary N) is 1. The van der Waals surface area contributed by atoms with E-state index in [9.17, 15) is 8.42 Å². The first-order valence-corrected chi connectivity index (χ1v) is 9.42. The zero-order chi connectivity index (χ0) is 17.5. The molecule has 23 heavy (non-hydrogen) atoms. The lowest BCUT2D eigenvalue weighted by Crippen LogP contribution is -2.44. The van der Waals surface area contributed by atoms with Crippen LogP contribution in [0.2, 0.25) is 0 Å². The lowest BCUT2D eigenvalue weighted by atomic mass is 10.0. The molecule has 0 spiro atoms. The highest BCUT2D eigenvalue weighted by Gasteiger charge is 2.22. The van der Waals surface area contributed by atoms with E-state index in [-0.39, 0.29) is 16.6 Å². The van der Waals surface area contributed by atoms with Gasteiger partial charge < -0.3 is 0 Å². The highest BCUT2D eigenvalue weighted by atomic mass is 32.2. The Hall–Kier alpha value is -1.49. The fraction of sp³-hybridized carbons (Fsp3) is 0.625. The van der Waals surface area contributed by atoms with Crippen molar-refractivity contribution in [2.24, 2.45) is 5.92 Å². The number of pyridine rings is 1. The van der Waals surface area contributed by atoms with Gasteiger partial charge in [-0.15, -0.1) is 0 Å². The summed E-state index contributed by atoms with van der Waals surface area (Å²) >= 11 is 0. The molecule has 0 saturated carbocycles. The topological polar surface area (TPSA) is 86.1 Å². The van der Waals surface area contributed by atoms with Gasteiger partial charge in [-0.1, -0.05) is 27.7 Å². The van der Waals surface area contributed by atoms with Crippen LogP contribution in [0.4, 0.5) is 0 Å². The van der Waals surface area contributed by atoms with E-state index >= 15 is 0 Å². The third-order valence-electron chi connectivity index (χ3n) is 3.72. The SMILES string of the molecule is CCN(CC)C(CNS(=O)(=O)c1cc(C#N)ccn1)CC(C)C. The van der Waals surface area contributed by atoms with Crippen molar-refractivity contribution in [2.45, 2.75) is 45.2 Å². The fourth-order valence-electron chi connectivity index (χ4n) is 2.55. The van der Waals surface area contributed by atoms with Crippen molar-refractivity contribution in [2.75, 3.05) is 19.6 Å². The Morgan fingerprint density at radius 2 is 2.00 bits per heavy atom. The zero-order valence-corrected chi connectivity index (χ0v) is 15.1. The Balaban J connectivity index is 2.88. The molecule has 6 nitrogen and oxygen atoms in total. The van der Waals surface area contributed by atoms with Crippen LogP contribution in [0.1, 0.15) is 39.7 Å². The van der Waals surface area contributed by atoms with Crippen LogP contribution in [-0.4, -0.2) is 44.0 Å². The second kappa shape index (κ2) is 8.96. The van der Waals surface area contributed by atoms with Crippen LogP contribution < -0.4 is 4.72 Å². The lowest BCUT2D eigenvalue weighted by molar-refractivity contribution is 0.192. The Morgan fingerprint density at radius 3 is 2.52 bits per heavy atom. The zero-order valence-electron chi connectivity index (χ0n) is 14.3. The molecule has 1 aromatic heterocycles. The molecule has 0 saturated heterocycles. The maximum absolute atomic E-state index is 12.4. The minimum atomic E-state index is -3.71. The largest absolute Gasteiger partial charge is 0.300 e. The van der Waals surface area contributed by atoms with Gasteiger partial charge in [0.05, 0.1) is 11.6 Å². The van der Waals surface area contributed by atoms with Gasteiger partial charge in [0.2, 0.25) is 0 Å². The second-order valence-corrected chi connectivity index (χ2v) is 7.56.